The Labute approximate surface area is 161 Å². The van der Waals surface area contributed by atoms with Crippen molar-refractivity contribution in [2.75, 3.05) is 11.2 Å². The Bertz CT molecular complexity index is 1010. The lowest BCUT2D eigenvalue weighted by Crippen LogP contribution is -2.23. The number of aryl methyl sites for hydroxylation is 1. The molecule has 7 nitrogen and oxygen atoms in total. The van der Waals surface area contributed by atoms with E-state index in [-0.39, 0.29) is 5.91 Å². The van der Waals surface area contributed by atoms with Gasteiger partial charge in [0, 0.05) is 11.3 Å². The number of thioether (sulfide) groups is 1. The van der Waals surface area contributed by atoms with Gasteiger partial charge in [-0.1, -0.05) is 47.7 Å². The van der Waals surface area contributed by atoms with Crippen molar-refractivity contribution in [3.63, 3.8) is 0 Å². The third-order valence-electron chi connectivity index (χ3n) is 3.88. The molecule has 0 aliphatic carbocycles. The van der Waals surface area contributed by atoms with E-state index in [9.17, 15) is 4.79 Å². The fraction of sp³-hybridized carbons (Fsp3) is 0.158. The summed E-state index contributed by atoms with van der Waals surface area (Å²) in [5, 5.41) is 20.0. The smallest absolute Gasteiger partial charge is 0.237 e. The third kappa shape index (κ3) is 4.27. The fourth-order valence-corrected chi connectivity index (χ4v) is 3.15. The van der Waals surface area contributed by atoms with Crippen LogP contribution in [-0.4, -0.2) is 26.0 Å². The summed E-state index contributed by atoms with van der Waals surface area (Å²) in [5.41, 5.74) is 3.05. The molecule has 0 aliphatic heterocycles. The second-order valence-electron chi connectivity index (χ2n) is 5.98. The number of nitrogen functional groups attached to an aromatic ring is 1. The van der Waals surface area contributed by atoms with Gasteiger partial charge in [-0.05, 0) is 32.0 Å². The molecule has 0 unspecified atom stereocenters. The summed E-state index contributed by atoms with van der Waals surface area (Å²) in [7, 11) is 0. The number of amides is 1. The number of hydrogen-bond donors (Lipinski definition) is 2. The van der Waals surface area contributed by atoms with E-state index in [0.717, 1.165) is 11.1 Å². The minimum atomic E-state index is -0.451. The number of nitriles is 1. The van der Waals surface area contributed by atoms with Crippen molar-refractivity contribution < 1.29 is 4.79 Å². The maximum Gasteiger partial charge on any atom is 0.237 e. The average molecular weight is 378 g/mol. The predicted molar refractivity (Wildman–Crippen MR) is 105 cm³/mol. The van der Waals surface area contributed by atoms with E-state index in [1.54, 1.807) is 31.2 Å². The van der Waals surface area contributed by atoms with Gasteiger partial charge in [-0.2, -0.15) is 5.26 Å². The van der Waals surface area contributed by atoms with E-state index >= 15 is 0 Å². The van der Waals surface area contributed by atoms with Gasteiger partial charge in [-0.25, -0.2) is 4.68 Å². The predicted octanol–water partition coefficient (Wildman–Crippen LogP) is 2.96. The van der Waals surface area contributed by atoms with E-state index in [1.807, 2.05) is 37.3 Å². The highest BCUT2D eigenvalue weighted by Gasteiger charge is 2.20. The maximum atomic E-state index is 12.4. The van der Waals surface area contributed by atoms with Gasteiger partial charge in [0.1, 0.15) is 0 Å². The standard InChI is InChI=1S/C19H18N6OS/c1-12-6-8-15(9-7-12)17-23-24-19(25(17)21)27-13(2)18(26)22-16-5-3-4-14(10-16)11-20/h3-10,13H,21H2,1-2H3,(H,22,26)/t13-/m0/s1. The largest absolute Gasteiger partial charge is 0.335 e. The van der Waals surface area contributed by atoms with Gasteiger partial charge >= 0.3 is 0 Å². The van der Waals surface area contributed by atoms with Crippen molar-refractivity contribution in [2.24, 2.45) is 0 Å². The molecule has 0 spiro atoms. The number of rotatable bonds is 5. The minimum Gasteiger partial charge on any atom is -0.335 e. The summed E-state index contributed by atoms with van der Waals surface area (Å²) in [6.07, 6.45) is 0. The Hall–Kier alpha value is -3.31. The summed E-state index contributed by atoms with van der Waals surface area (Å²) in [6.45, 7) is 3.76. The van der Waals surface area contributed by atoms with Crippen LogP contribution in [0.15, 0.2) is 53.7 Å². The first-order chi connectivity index (χ1) is 13.0. The molecule has 0 radical (unpaired) electrons. The molecule has 136 valence electrons. The average Bonchev–Trinajstić information content (AvgIpc) is 3.03. The van der Waals surface area contributed by atoms with Crippen LogP contribution in [0.1, 0.15) is 18.1 Å². The quantitative estimate of drug-likeness (QED) is 0.522. The summed E-state index contributed by atoms with van der Waals surface area (Å²) in [4.78, 5) is 12.4. The van der Waals surface area contributed by atoms with Crippen molar-refractivity contribution in [3.8, 4) is 17.5 Å². The van der Waals surface area contributed by atoms with Crippen molar-refractivity contribution in [2.45, 2.75) is 24.3 Å². The Morgan fingerprint density at radius 2 is 2.00 bits per heavy atom. The molecule has 2 aromatic carbocycles. The number of hydrogen-bond acceptors (Lipinski definition) is 6. The molecular weight excluding hydrogens is 360 g/mol. The van der Waals surface area contributed by atoms with Crippen LogP contribution in [0.25, 0.3) is 11.4 Å². The summed E-state index contributed by atoms with van der Waals surface area (Å²) in [6, 6.07) is 16.6. The van der Waals surface area contributed by atoms with Crippen LogP contribution in [0.2, 0.25) is 0 Å². The van der Waals surface area contributed by atoms with Crippen LogP contribution in [0.5, 0.6) is 0 Å². The number of aromatic nitrogens is 3. The molecule has 1 aromatic heterocycles. The Balaban J connectivity index is 1.70. The monoisotopic (exact) mass is 378 g/mol. The van der Waals surface area contributed by atoms with Crippen LogP contribution >= 0.6 is 11.8 Å². The number of nitrogens with two attached hydrogens (primary N) is 1. The highest BCUT2D eigenvalue weighted by atomic mass is 32.2. The molecule has 1 amide bonds. The molecule has 3 aromatic rings. The molecule has 0 bridgehead atoms. The molecule has 8 heteroatoms. The first-order valence-corrected chi connectivity index (χ1v) is 9.11. The molecule has 3 rings (SSSR count). The van der Waals surface area contributed by atoms with Gasteiger partial charge < -0.3 is 11.2 Å². The van der Waals surface area contributed by atoms with Gasteiger partial charge in [-0.15, -0.1) is 10.2 Å². The van der Waals surface area contributed by atoms with Crippen molar-refractivity contribution in [3.05, 3.63) is 59.7 Å². The van der Waals surface area contributed by atoms with E-state index in [2.05, 4.69) is 15.5 Å². The zero-order valence-electron chi connectivity index (χ0n) is 14.9. The Kier molecular flexibility index (Phi) is 5.43. The normalized spacial score (nSPS) is 11.6. The van der Waals surface area contributed by atoms with E-state index in [0.29, 0.717) is 22.2 Å². The van der Waals surface area contributed by atoms with E-state index < -0.39 is 5.25 Å². The maximum absolute atomic E-state index is 12.4. The molecular formula is C19H18N6OS. The molecule has 0 aliphatic rings. The van der Waals surface area contributed by atoms with Crippen molar-refractivity contribution in [1.82, 2.24) is 14.9 Å². The number of benzene rings is 2. The second kappa shape index (κ2) is 7.93. The van der Waals surface area contributed by atoms with Gasteiger partial charge in [0.25, 0.3) is 0 Å². The molecule has 0 saturated heterocycles. The van der Waals surface area contributed by atoms with Gasteiger partial charge in [0.05, 0.1) is 16.9 Å². The molecule has 1 heterocycles. The first-order valence-electron chi connectivity index (χ1n) is 8.23. The number of anilines is 1. The molecule has 0 saturated carbocycles. The zero-order chi connectivity index (χ0) is 19.4. The number of nitrogens with zero attached hydrogens (tertiary/aromatic N) is 4. The first kappa shape index (κ1) is 18.5. The van der Waals surface area contributed by atoms with Crippen LogP contribution in [0, 0.1) is 18.3 Å². The van der Waals surface area contributed by atoms with Gasteiger partial charge in [-0.3, -0.25) is 4.79 Å². The van der Waals surface area contributed by atoms with E-state index in [1.165, 1.54) is 16.4 Å². The van der Waals surface area contributed by atoms with Crippen LogP contribution in [0.4, 0.5) is 5.69 Å². The number of carbonyl (C=O) groups excluding carboxylic acids is 1. The molecule has 27 heavy (non-hydrogen) atoms. The van der Waals surface area contributed by atoms with E-state index in [4.69, 9.17) is 11.1 Å². The van der Waals surface area contributed by atoms with Crippen molar-refractivity contribution in [1.29, 1.82) is 5.26 Å². The Morgan fingerprint density at radius 3 is 2.70 bits per heavy atom. The number of carbonyl (C=O) groups is 1. The topological polar surface area (TPSA) is 110 Å². The molecule has 3 N–H and O–H groups in total. The zero-order valence-corrected chi connectivity index (χ0v) is 15.7. The lowest BCUT2D eigenvalue weighted by molar-refractivity contribution is -0.115. The molecule has 0 fully saturated rings. The highest BCUT2D eigenvalue weighted by Crippen LogP contribution is 2.25. The van der Waals surface area contributed by atoms with Gasteiger partial charge in [0.2, 0.25) is 11.1 Å². The SMILES string of the molecule is Cc1ccc(-c2nnc(S[C@@H](C)C(=O)Nc3cccc(C#N)c3)n2N)cc1. The van der Waals surface area contributed by atoms with Gasteiger partial charge in [0.15, 0.2) is 5.82 Å². The minimum absolute atomic E-state index is 0.213. The summed E-state index contributed by atoms with van der Waals surface area (Å²) in [5.74, 6) is 6.44. The third-order valence-corrected chi connectivity index (χ3v) is 4.94. The van der Waals surface area contributed by atoms with Crippen LogP contribution in [0.3, 0.4) is 0 Å². The lowest BCUT2D eigenvalue weighted by Gasteiger charge is -2.11. The highest BCUT2D eigenvalue weighted by molar-refractivity contribution is 8.00. The van der Waals surface area contributed by atoms with Crippen LogP contribution < -0.4 is 11.2 Å². The molecule has 1 atom stereocenters. The second-order valence-corrected chi connectivity index (χ2v) is 7.29. The Morgan fingerprint density at radius 1 is 1.26 bits per heavy atom. The fourth-order valence-electron chi connectivity index (χ4n) is 2.38. The summed E-state index contributed by atoms with van der Waals surface area (Å²) >= 11 is 1.21. The number of nitrogens with one attached hydrogen (secondary N) is 1. The van der Waals surface area contributed by atoms with Crippen molar-refractivity contribution >= 4 is 23.4 Å². The van der Waals surface area contributed by atoms with Crippen LogP contribution in [-0.2, 0) is 4.79 Å². The lowest BCUT2D eigenvalue weighted by atomic mass is 10.1. The summed E-state index contributed by atoms with van der Waals surface area (Å²) < 4.78 is 1.38.